The Hall–Kier alpha value is -3.35. The largest absolute Gasteiger partial charge is 0.480 e. The molecule has 2 aliphatic rings. The average Bonchev–Trinajstić information content (AvgIpc) is 3.16. The maximum atomic E-state index is 12.6. The summed E-state index contributed by atoms with van der Waals surface area (Å²) in [4.78, 5) is 36.6. The van der Waals surface area contributed by atoms with Crippen LogP contribution in [-0.2, 0) is 14.3 Å². The maximum absolute atomic E-state index is 12.6. The van der Waals surface area contributed by atoms with Gasteiger partial charge < -0.3 is 20.5 Å². The fourth-order valence-electron chi connectivity index (χ4n) is 5.20. The molecule has 180 valence electrons. The molecule has 0 saturated heterocycles. The van der Waals surface area contributed by atoms with E-state index < -0.39 is 18.1 Å². The van der Waals surface area contributed by atoms with Crippen LogP contribution in [0.5, 0.6) is 0 Å². The van der Waals surface area contributed by atoms with Crippen molar-refractivity contribution in [1.82, 2.24) is 10.6 Å². The Morgan fingerprint density at radius 1 is 1.03 bits per heavy atom. The molecule has 2 aromatic carbocycles. The Morgan fingerprint density at radius 2 is 1.68 bits per heavy atom. The summed E-state index contributed by atoms with van der Waals surface area (Å²) in [7, 11) is 0. The topological polar surface area (TPSA) is 105 Å². The molecule has 2 aliphatic carbocycles. The van der Waals surface area contributed by atoms with Gasteiger partial charge in [-0.1, -0.05) is 68.3 Å². The van der Waals surface area contributed by atoms with Gasteiger partial charge in [-0.15, -0.1) is 0 Å². The van der Waals surface area contributed by atoms with Crippen LogP contribution < -0.4 is 10.6 Å². The number of carbonyl (C=O) groups excluding carboxylic acids is 2. The second-order valence-corrected chi connectivity index (χ2v) is 9.22. The standard InChI is InChI=1S/C27H32N2O5/c1-2-8-24(26(31)32)29-25(30)17-9-7-10-18(15-17)28-27(33)34-16-23-21-13-5-3-11-19(21)20-12-4-6-14-22(20)23/h3-6,11-14,17-18,23-24H,2,7-10,15-16H2,1H3,(H,28,33)(H,29,30)(H,31,32)/t17-,18+,24+/m0/s1. The van der Waals surface area contributed by atoms with E-state index in [-0.39, 0.29) is 30.4 Å². The molecule has 7 heteroatoms. The molecule has 7 nitrogen and oxygen atoms in total. The molecule has 1 fully saturated rings. The van der Waals surface area contributed by atoms with Gasteiger partial charge in [0, 0.05) is 17.9 Å². The molecule has 2 aromatic rings. The third-order valence-electron chi connectivity index (χ3n) is 6.90. The van der Waals surface area contributed by atoms with Gasteiger partial charge >= 0.3 is 12.1 Å². The molecule has 3 atom stereocenters. The smallest absolute Gasteiger partial charge is 0.407 e. The quantitative estimate of drug-likeness (QED) is 0.535. The summed E-state index contributed by atoms with van der Waals surface area (Å²) in [5, 5.41) is 14.9. The van der Waals surface area contributed by atoms with E-state index in [9.17, 15) is 19.5 Å². The fourth-order valence-corrected chi connectivity index (χ4v) is 5.20. The summed E-state index contributed by atoms with van der Waals surface area (Å²) in [6.07, 6.45) is 3.32. The number of hydrogen-bond donors (Lipinski definition) is 3. The lowest BCUT2D eigenvalue weighted by Crippen LogP contribution is -2.47. The van der Waals surface area contributed by atoms with E-state index in [0.29, 0.717) is 25.7 Å². The van der Waals surface area contributed by atoms with Crippen molar-refractivity contribution in [3.63, 3.8) is 0 Å². The molecule has 2 amide bonds. The summed E-state index contributed by atoms with van der Waals surface area (Å²) in [5.41, 5.74) is 4.67. The van der Waals surface area contributed by atoms with Crippen LogP contribution in [0.2, 0.25) is 0 Å². The van der Waals surface area contributed by atoms with Crippen LogP contribution in [0.1, 0.15) is 62.5 Å². The zero-order chi connectivity index (χ0) is 24.1. The van der Waals surface area contributed by atoms with Crippen LogP contribution >= 0.6 is 0 Å². The first-order valence-electron chi connectivity index (χ1n) is 12.1. The maximum Gasteiger partial charge on any atom is 0.407 e. The van der Waals surface area contributed by atoms with E-state index in [1.165, 1.54) is 11.1 Å². The third kappa shape index (κ3) is 5.24. The van der Waals surface area contributed by atoms with Crippen molar-refractivity contribution < 1.29 is 24.2 Å². The van der Waals surface area contributed by atoms with Crippen LogP contribution in [0.4, 0.5) is 4.79 Å². The number of ether oxygens (including phenoxy) is 1. The van der Waals surface area contributed by atoms with Crippen LogP contribution in [0.15, 0.2) is 48.5 Å². The Morgan fingerprint density at radius 3 is 2.29 bits per heavy atom. The van der Waals surface area contributed by atoms with Gasteiger partial charge in [0.25, 0.3) is 0 Å². The SMILES string of the molecule is CCC[C@@H](NC(=O)[C@H]1CCC[C@@H](NC(=O)OCC2c3ccccc3-c3ccccc32)C1)C(=O)O. The Balaban J connectivity index is 1.31. The number of carbonyl (C=O) groups is 3. The molecule has 0 aromatic heterocycles. The van der Waals surface area contributed by atoms with Gasteiger partial charge in [-0.3, -0.25) is 4.79 Å². The minimum atomic E-state index is -1.01. The van der Waals surface area contributed by atoms with Gasteiger partial charge in [-0.2, -0.15) is 0 Å². The van der Waals surface area contributed by atoms with E-state index in [1.807, 2.05) is 31.2 Å². The van der Waals surface area contributed by atoms with Crippen molar-refractivity contribution in [1.29, 1.82) is 0 Å². The molecule has 0 heterocycles. The van der Waals surface area contributed by atoms with Crippen molar-refractivity contribution in [3.05, 3.63) is 59.7 Å². The average molecular weight is 465 g/mol. The van der Waals surface area contributed by atoms with Crippen molar-refractivity contribution in [2.45, 2.75) is 63.5 Å². The van der Waals surface area contributed by atoms with E-state index in [2.05, 4.69) is 34.9 Å². The number of benzene rings is 2. The number of amides is 2. The third-order valence-corrected chi connectivity index (χ3v) is 6.90. The zero-order valence-corrected chi connectivity index (χ0v) is 19.5. The predicted molar refractivity (Wildman–Crippen MR) is 128 cm³/mol. The number of fused-ring (bicyclic) bond motifs is 3. The number of alkyl carbamates (subject to hydrolysis) is 1. The number of nitrogens with one attached hydrogen (secondary N) is 2. The highest BCUT2D eigenvalue weighted by molar-refractivity contribution is 5.85. The first kappa shape index (κ1) is 23.8. The molecule has 34 heavy (non-hydrogen) atoms. The molecule has 0 unspecified atom stereocenters. The number of aliphatic carboxylic acids is 1. The number of carboxylic acid groups (broad SMARTS) is 1. The molecular weight excluding hydrogens is 432 g/mol. The summed E-state index contributed by atoms with van der Waals surface area (Å²) in [5.74, 6) is -1.58. The van der Waals surface area contributed by atoms with Crippen molar-refractivity contribution in [3.8, 4) is 11.1 Å². The second-order valence-electron chi connectivity index (χ2n) is 9.22. The lowest BCUT2D eigenvalue weighted by Gasteiger charge is -2.29. The minimum absolute atomic E-state index is 0.00505. The van der Waals surface area contributed by atoms with Gasteiger partial charge in [-0.05, 0) is 47.9 Å². The van der Waals surface area contributed by atoms with Crippen LogP contribution in [0, 0.1) is 5.92 Å². The van der Waals surface area contributed by atoms with Crippen molar-refractivity contribution >= 4 is 18.0 Å². The highest BCUT2D eigenvalue weighted by Gasteiger charge is 2.32. The van der Waals surface area contributed by atoms with E-state index in [0.717, 1.165) is 24.0 Å². The lowest BCUT2D eigenvalue weighted by molar-refractivity contribution is -0.142. The second kappa shape index (κ2) is 10.7. The van der Waals surface area contributed by atoms with Crippen LogP contribution in [0.3, 0.4) is 0 Å². The molecule has 1 saturated carbocycles. The monoisotopic (exact) mass is 464 g/mol. The Labute approximate surface area is 199 Å². The molecule has 0 radical (unpaired) electrons. The summed E-state index contributed by atoms with van der Waals surface area (Å²) in [6, 6.07) is 15.3. The number of hydrogen-bond acceptors (Lipinski definition) is 4. The highest BCUT2D eigenvalue weighted by Crippen LogP contribution is 2.44. The number of rotatable bonds is 8. The molecule has 4 rings (SSSR count). The fraction of sp³-hybridized carbons (Fsp3) is 0.444. The molecule has 0 aliphatic heterocycles. The van der Waals surface area contributed by atoms with Gasteiger partial charge in [0.15, 0.2) is 0 Å². The minimum Gasteiger partial charge on any atom is -0.480 e. The highest BCUT2D eigenvalue weighted by atomic mass is 16.5. The number of carboxylic acids is 1. The molecular formula is C27H32N2O5. The van der Waals surface area contributed by atoms with E-state index in [4.69, 9.17) is 4.74 Å². The predicted octanol–water partition coefficient (Wildman–Crippen LogP) is 4.45. The summed E-state index contributed by atoms with van der Waals surface area (Å²) in [6.45, 7) is 2.13. The first-order valence-corrected chi connectivity index (χ1v) is 12.1. The summed E-state index contributed by atoms with van der Waals surface area (Å²) >= 11 is 0. The normalized spacial score (nSPS) is 20.0. The Kier molecular flexibility index (Phi) is 7.50. The van der Waals surface area contributed by atoms with Crippen molar-refractivity contribution in [2.75, 3.05) is 6.61 Å². The lowest BCUT2D eigenvalue weighted by atomic mass is 9.85. The molecule has 0 spiro atoms. The van der Waals surface area contributed by atoms with Crippen LogP contribution in [0.25, 0.3) is 11.1 Å². The Bertz CT molecular complexity index is 1010. The molecule has 0 bridgehead atoms. The van der Waals surface area contributed by atoms with Crippen LogP contribution in [-0.4, -0.2) is 41.8 Å². The summed E-state index contributed by atoms with van der Waals surface area (Å²) < 4.78 is 5.64. The van der Waals surface area contributed by atoms with Gasteiger partial charge in [0.1, 0.15) is 12.6 Å². The zero-order valence-electron chi connectivity index (χ0n) is 19.5. The molecule has 3 N–H and O–H groups in total. The van der Waals surface area contributed by atoms with Gasteiger partial charge in [-0.25, -0.2) is 9.59 Å². The van der Waals surface area contributed by atoms with Crippen molar-refractivity contribution in [2.24, 2.45) is 5.92 Å². The van der Waals surface area contributed by atoms with Gasteiger partial charge in [0.2, 0.25) is 5.91 Å². The van der Waals surface area contributed by atoms with Gasteiger partial charge in [0.05, 0.1) is 0 Å². The first-order chi connectivity index (χ1) is 16.5. The van der Waals surface area contributed by atoms with E-state index >= 15 is 0 Å². The van der Waals surface area contributed by atoms with E-state index in [1.54, 1.807) is 0 Å².